The number of carbonyl (C=O) groups is 1. The number of ether oxygens (including phenoxy) is 2. The van der Waals surface area contributed by atoms with Crippen molar-refractivity contribution in [2.75, 3.05) is 13.2 Å². The van der Waals surface area contributed by atoms with Gasteiger partial charge in [-0.3, -0.25) is 4.79 Å². The van der Waals surface area contributed by atoms with Gasteiger partial charge in [-0.25, -0.2) is 0 Å². The molecule has 8 atom stereocenters. The van der Waals surface area contributed by atoms with Crippen molar-refractivity contribution in [3.05, 3.63) is 24.3 Å². The Kier molecular flexibility index (Phi) is 33.6. The Hall–Kier alpha value is -1.37. The van der Waals surface area contributed by atoms with E-state index in [9.17, 15) is 35.4 Å². The lowest BCUT2D eigenvalue weighted by Gasteiger charge is -2.40. The largest absolute Gasteiger partial charge is 0.394 e. The first-order valence-electron chi connectivity index (χ1n) is 22.7. The van der Waals surface area contributed by atoms with E-state index in [1.807, 2.05) is 6.08 Å². The van der Waals surface area contributed by atoms with Crippen molar-refractivity contribution in [2.24, 2.45) is 0 Å². The topological polar surface area (TPSA) is 169 Å². The summed E-state index contributed by atoms with van der Waals surface area (Å²) in [6.07, 6.45) is 31.2. The van der Waals surface area contributed by atoms with Crippen molar-refractivity contribution < 1.29 is 44.9 Å². The SMILES string of the molecule is CCCCCCCCC/C=C\CC/C=C/[C@@H](O)[C@H](CO[C@@H]1O[C@H](CO)[C@@H](O)[C@H](O)[C@H]1O)NC(=O)[C@H](O)CCCCCCCCCCCCCCCCCCC. The minimum Gasteiger partial charge on any atom is -0.394 e. The van der Waals surface area contributed by atoms with E-state index < -0.39 is 61.5 Å². The molecule has 0 spiro atoms. The molecule has 0 saturated carbocycles. The van der Waals surface area contributed by atoms with Crippen LogP contribution in [0, 0.1) is 0 Å². The molecule has 10 heteroatoms. The van der Waals surface area contributed by atoms with E-state index in [0.717, 1.165) is 32.1 Å². The molecule has 10 nitrogen and oxygen atoms in total. The van der Waals surface area contributed by atoms with Crippen LogP contribution in [0.5, 0.6) is 0 Å². The summed E-state index contributed by atoms with van der Waals surface area (Å²) in [7, 11) is 0. The van der Waals surface area contributed by atoms with E-state index in [0.29, 0.717) is 19.3 Å². The summed E-state index contributed by atoms with van der Waals surface area (Å²) in [6.45, 7) is 3.58. The van der Waals surface area contributed by atoms with Crippen LogP contribution in [-0.4, -0.2) is 98.7 Å². The minimum absolute atomic E-state index is 0.307. The third kappa shape index (κ3) is 26.3. The van der Waals surface area contributed by atoms with Gasteiger partial charge in [0.2, 0.25) is 5.91 Å². The number of carbonyl (C=O) groups excluding carboxylic acids is 1. The number of nitrogens with one attached hydrogen (secondary N) is 1. The van der Waals surface area contributed by atoms with Gasteiger partial charge in [-0.1, -0.05) is 186 Å². The van der Waals surface area contributed by atoms with E-state index in [1.165, 1.54) is 128 Å². The van der Waals surface area contributed by atoms with Gasteiger partial charge in [-0.15, -0.1) is 0 Å². The predicted molar refractivity (Wildman–Crippen MR) is 223 cm³/mol. The van der Waals surface area contributed by atoms with E-state index in [-0.39, 0.29) is 6.61 Å². The first-order valence-corrected chi connectivity index (χ1v) is 22.7. The molecule has 1 rings (SSSR count). The second-order valence-corrected chi connectivity index (χ2v) is 16.0. The number of amides is 1. The lowest BCUT2D eigenvalue weighted by molar-refractivity contribution is -0.302. The molecule has 324 valence electrons. The van der Waals surface area contributed by atoms with Gasteiger partial charge in [0.25, 0.3) is 0 Å². The Balaban J connectivity index is 2.43. The zero-order chi connectivity index (χ0) is 40.4. The molecule has 1 fully saturated rings. The van der Waals surface area contributed by atoms with Crippen LogP contribution in [0.25, 0.3) is 0 Å². The summed E-state index contributed by atoms with van der Waals surface area (Å²) >= 11 is 0. The Morgan fingerprint density at radius 2 is 1.07 bits per heavy atom. The van der Waals surface area contributed by atoms with Gasteiger partial charge >= 0.3 is 0 Å². The van der Waals surface area contributed by atoms with Crippen molar-refractivity contribution >= 4 is 5.91 Å². The molecule has 1 saturated heterocycles. The molecule has 0 aromatic rings. The monoisotopic (exact) mass is 784 g/mol. The quantitative estimate of drug-likeness (QED) is 0.0243. The zero-order valence-corrected chi connectivity index (χ0v) is 35.0. The summed E-state index contributed by atoms with van der Waals surface area (Å²) in [5, 5.41) is 64.5. The third-order valence-corrected chi connectivity index (χ3v) is 10.9. The number of aliphatic hydroxyl groups is 6. The maximum Gasteiger partial charge on any atom is 0.249 e. The number of aliphatic hydroxyl groups excluding tert-OH is 6. The van der Waals surface area contributed by atoms with Gasteiger partial charge in [0.15, 0.2) is 6.29 Å². The molecular weight excluding hydrogens is 698 g/mol. The van der Waals surface area contributed by atoms with E-state index in [1.54, 1.807) is 6.08 Å². The van der Waals surface area contributed by atoms with Crippen LogP contribution < -0.4 is 5.32 Å². The lowest BCUT2D eigenvalue weighted by atomic mass is 9.99. The van der Waals surface area contributed by atoms with Crippen LogP contribution in [-0.2, 0) is 14.3 Å². The average Bonchev–Trinajstić information content (AvgIpc) is 3.18. The molecule has 0 aromatic heterocycles. The summed E-state index contributed by atoms with van der Waals surface area (Å²) in [5.74, 6) is -0.625. The van der Waals surface area contributed by atoms with Gasteiger partial charge in [-0.2, -0.15) is 0 Å². The van der Waals surface area contributed by atoms with E-state index >= 15 is 0 Å². The maximum atomic E-state index is 13.0. The maximum absolute atomic E-state index is 13.0. The van der Waals surface area contributed by atoms with Gasteiger partial charge in [0.05, 0.1) is 25.4 Å². The van der Waals surface area contributed by atoms with Crippen molar-refractivity contribution in [2.45, 2.75) is 243 Å². The first-order chi connectivity index (χ1) is 26.8. The molecule has 0 bridgehead atoms. The second-order valence-electron chi connectivity index (χ2n) is 16.0. The van der Waals surface area contributed by atoms with Crippen molar-refractivity contribution in [1.29, 1.82) is 0 Å². The smallest absolute Gasteiger partial charge is 0.249 e. The first kappa shape index (κ1) is 51.6. The van der Waals surface area contributed by atoms with Crippen LogP contribution in [0.15, 0.2) is 24.3 Å². The zero-order valence-electron chi connectivity index (χ0n) is 35.0. The molecular formula is C45H85NO9. The number of allylic oxidation sites excluding steroid dienone is 3. The molecule has 1 aliphatic rings. The number of unbranched alkanes of at least 4 members (excludes halogenated alkanes) is 24. The molecule has 1 amide bonds. The molecule has 55 heavy (non-hydrogen) atoms. The van der Waals surface area contributed by atoms with E-state index in [2.05, 4.69) is 31.3 Å². The van der Waals surface area contributed by atoms with Crippen LogP contribution in [0.3, 0.4) is 0 Å². The van der Waals surface area contributed by atoms with Crippen LogP contribution >= 0.6 is 0 Å². The fourth-order valence-corrected chi connectivity index (χ4v) is 7.12. The predicted octanol–water partition coefficient (Wildman–Crippen LogP) is 8.08. The van der Waals surface area contributed by atoms with Crippen LogP contribution in [0.2, 0.25) is 0 Å². The minimum atomic E-state index is -1.61. The Labute approximate surface area is 335 Å². The fourth-order valence-electron chi connectivity index (χ4n) is 7.12. The summed E-state index contributed by atoms with van der Waals surface area (Å²) in [5.41, 5.74) is 0. The van der Waals surface area contributed by atoms with E-state index in [4.69, 9.17) is 9.47 Å². The highest BCUT2D eigenvalue weighted by atomic mass is 16.7. The van der Waals surface area contributed by atoms with Gasteiger partial charge in [-0.05, 0) is 32.1 Å². The molecule has 0 aliphatic carbocycles. The number of rotatable bonds is 37. The van der Waals surface area contributed by atoms with Crippen molar-refractivity contribution in [1.82, 2.24) is 5.32 Å². The van der Waals surface area contributed by atoms with Crippen molar-refractivity contribution in [3.63, 3.8) is 0 Å². The molecule has 0 radical (unpaired) electrons. The summed E-state index contributed by atoms with van der Waals surface area (Å²) < 4.78 is 11.1. The molecule has 7 N–H and O–H groups in total. The standard InChI is InChI=1S/C45H85NO9/c1-3-5-7-9-11-13-15-17-18-19-20-22-24-26-28-30-32-34-39(49)44(53)46-37(36-54-45-43(52)42(51)41(50)40(35-47)55-45)38(48)33-31-29-27-25-23-21-16-14-12-10-8-6-4-2/h23,25,31,33,37-43,45,47-52H,3-22,24,26-30,32,34-36H2,1-2H3,(H,46,53)/b25-23-,33-31+/t37-,38+,39+,40+,41+,42-,43+,45+/m0/s1. The van der Waals surface area contributed by atoms with Crippen LogP contribution in [0.4, 0.5) is 0 Å². The summed E-state index contributed by atoms with van der Waals surface area (Å²) in [6, 6.07) is -0.991. The van der Waals surface area contributed by atoms with Crippen molar-refractivity contribution in [3.8, 4) is 0 Å². The number of hydrogen-bond donors (Lipinski definition) is 7. The van der Waals surface area contributed by atoms with Gasteiger partial charge < -0.3 is 45.4 Å². The normalized spacial score (nSPS) is 22.1. The highest BCUT2D eigenvalue weighted by Gasteiger charge is 2.44. The average molecular weight is 784 g/mol. The molecule has 1 heterocycles. The molecule has 0 unspecified atom stereocenters. The highest BCUT2D eigenvalue weighted by molar-refractivity contribution is 5.80. The van der Waals surface area contributed by atoms with Gasteiger partial charge in [0, 0.05) is 0 Å². The molecule has 0 aromatic carbocycles. The van der Waals surface area contributed by atoms with Crippen LogP contribution in [0.1, 0.15) is 194 Å². The molecule has 1 aliphatic heterocycles. The third-order valence-electron chi connectivity index (χ3n) is 10.9. The Bertz CT molecular complexity index is 932. The lowest BCUT2D eigenvalue weighted by Crippen LogP contribution is -2.60. The fraction of sp³-hybridized carbons (Fsp3) is 0.889. The Morgan fingerprint density at radius 3 is 1.58 bits per heavy atom. The highest BCUT2D eigenvalue weighted by Crippen LogP contribution is 2.23. The number of hydrogen-bond acceptors (Lipinski definition) is 9. The Morgan fingerprint density at radius 1 is 0.618 bits per heavy atom. The van der Waals surface area contributed by atoms with Gasteiger partial charge in [0.1, 0.15) is 30.5 Å². The second kappa shape index (κ2) is 35.8. The summed E-state index contributed by atoms with van der Waals surface area (Å²) in [4.78, 5) is 13.0.